The van der Waals surface area contributed by atoms with Crippen LogP contribution < -0.4 is 10.6 Å². The lowest BCUT2D eigenvalue weighted by atomic mass is 9.82. The van der Waals surface area contributed by atoms with E-state index in [2.05, 4.69) is 24.5 Å². The SMILES string of the molecule is CCCO[C@@H]1CC[C@H](C(=O)NC2CCC2)C[C@H]1NC(=O)c1ccccc1CC.O=CO. The Morgan fingerprint density at radius 2 is 1.84 bits per heavy atom. The molecule has 2 amide bonds. The van der Waals surface area contributed by atoms with Crippen molar-refractivity contribution in [3.63, 3.8) is 0 Å². The van der Waals surface area contributed by atoms with Gasteiger partial charge in [0.05, 0.1) is 12.1 Å². The van der Waals surface area contributed by atoms with Crippen molar-refractivity contribution < 1.29 is 24.2 Å². The predicted octanol–water partition coefficient (Wildman–Crippen LogP) is 3.31. The van der Waals surface area contributed by atoms with Gasteiger partial charge >= 0.3 is 0 Å². The molecule has 2 aliphatic carbocycles. The molecule has 0 radical (unpaired) electrons. The molecule has 3 N–H and O–H groups in total. The Bertz CT molecular complexity index is 720. The molecule has 0 spiro atoms. The summed E-state index contributed by atoms with van der Waals surface area (Å²) in [6, 6.07) is 7.95. The van der Waals surface area contributed by atoms with E-state index in [0.29, 0.717) is 19.1 Å². The zero-order chi connectivity index (χ0) is 22.6. The smallest absolute Gasteiger partial charge is 0.290 e. The number of benzene rings is 1. The molecule has 7 nitrogen and oxygen atoms in total. The Kier molecular flexibility index (Phi) is 10.5. The molecular weight excluding hydrogens is 396 g/mol. The van der Waals surface area contributed by atoms with Crippen molar-refractivity contribution in [1.29, 1.82) is 0 Å². The van der Waals surface area contributed by atoms with E-state index in [1.165, 1.54) is 6.42 Å². The van der Waals surface area contributed by atoms with E-state index in [1.807, 2.05) is 24.3 Å². The van der Waals surface area contributed by atoms with Gasteiger partial charge in [-0.3, -0.25) is 14.4 Å². The molecule has 31 heavy (non-hydrogen) atoms. The number of nitrogens with one attached hydrogen (secondary N) is 2. The Balaban J connectivity index is 0.00000107. The maximum absolute atomic E-state index is 13.0. The first-order chi connectivity index (χ1) is 15.0. The second-order valence-electron chi connectivity index (χ2n) is 8.25. The minimum atomic E-state index is -0.250. The van der Waals surface area contributed by atoms with Crippen LogP contribution in [-0.4, -0.2) is 48.2 Å². The van der Waals surface area contributed by atoms with Crippen LogP contribution >= 0.6 is 0 Å². The van der Waals surface area contributed by atoms with Crippen molar-refractivity contribution in [3.8, 4) is 0 Å². The lowest BCUT2D eigenvalue weighted by Gasteiger charge is -2.37. The number of carbonyl (C=O) groups excluding carboxylic acids is 2. The standard InChI is InChI=1S/C23H34N2O3.CH2O2/c1-3-14-28-21-13-12-17(22(26)24-18-9-7-10-18)15-20(21)25-23(27)19-11-6-5-8-16(19)4-2;2-1-3/h5-6,8,11,17-18,20-21H,3-4,7,9-10,12-15H2,1-2H3,(H,24,26)(H,25,27);1H,(H,2,3)/t17-,20+,21+;/m0./s1. The molecule has 2 fully saturated rings. The topological polar surface area (TPSA) is 105 Å². The highest BCUT2D eigenvalue weighted by molar-refractivity contribution is 5.96. The highest BCUT2D eigenvalue weighted by Crippen LogP contribution is 2.29. The van der Waals surface area contributed by atoms with Gasteiger partial charge in [0.25, 0.3) is 12.4 Å². The van der Waals surface area contributed by atoms with Crippen LogP contribution in [0.15, 0.2) is 24.3 Å². The Labute approximate surface area is 184 Å². The van der Waals surface area contributed by atoms with E-state index >= 15 is 0 Å². The molecule has 3 atom stereocenters. The highest BCUT2D eigenvalue weighted by Gasteiger charge is 2.36. The molecule has 0 aliphatic heterocycles. The number of hydrogen-bond acceptors (Lipinski definition) is 4. The third-order valence-electron chi connectivity index (χ3n) is 6.10. The molecule has 0 aromatic heterocycles. The molecular formula is C24H36N2O5. The summed E-state index contributed by atoms with van der Waals surface area (Å²) in [5, 5.41) is 13.3. The number of carboxylic acid groups (broad SMARTS) is 1. The monoisotopic (exact) mass is 432 g/mol. The van der Waals surface area contributed by atoms with Gasteiger partial charge in [-0.05, 0) is 63.0 Å². The first kappa shape index (κ1) is 24.9. The number of aryl methyl sites for hydroxylation is 1. The fraction of sp³-hybridized carbons (Fsp3) is 0.625. The molecule has 2 aliphatic rings. The van der Waals surface area contributed by atoms with E-state index in [4.69, 9.17) is 14.6 Å². The maximum Gasteiger partial charge on any atom is 0.290 e. The Morgan fingerprint density at radius 3 is 2.45 bits per heavy atom. The molecule has 3 rings (SSSR count). The predicted molar refractivity (Wildman–Crippen MR) is 119 cm³/mol. The average Bonchev–Trinajstić information content (AvgIpc) is 2.75. The van der Waals surface area contributed by atoms with Gasteiger partial charge in [-0.1, -0.05) is 32.0 Å². The zero-order valence-corrected chi connectivity index (χ0v) is 18.6. The fourth-order valence-electron chi connectivity index (χ4n) is 4.17. The summed E-state index contributed by atoms with van der Waals surface area (Å²) >= 11 is 0. The van der Waals surface area contributed by atoms with Crippen LogP contribution in [0.5, 0.6) is 0 Å². The largest absolute Gasteiger partial charge is 0.483 e. The second kappa shape index (κ2) is 13.1. The fourth-order valence-corrected chi connectivity index (χ4v) is 4.17. The maximum atomic E-state index is 13.0. The summed E-state index contributed by atoms with van der Waals surface area (Å²) in [5.74, 6) is 0.0354. The van der Waals surface area contributed by atoms with Crippen molar-refractivity contribution in [1.82, 2.24) is 10.6 Å². The van der Waals surface area contributed by atoms with Crippen molar-refractivity contribution >= 4 is 18.3 Å². The summed E-state index contributed by atoms with van der Waals surface area (Å²) < 4.78 is 6.03. The minimum absolute atomic E-state index is 0.0227. The third kappa shape index (κ3) is 7.35. The summed E-state index contributed by atoms with van der Waals surface area (Å²) in [6.45, 7) is 4.57. The molecule has 0 bridgehead atoms. The third-order valence-corrected chi connectivity index (χ3v) is 6.10. The van der Waals surface area contributed by atoms with Gasteiger partial charge in [0, 0.05) is 24.1 Å². The van der Waals surface area contributed by atoms with Crippen LogP contribution in [0.1, 0.15) is 74.7 Å². The van der Waals surface area contributed by atoms with Gasteiger partial charge in [-0.15, -0.1) is 0 Å². The van der Waals surface area contributed by atoms with Gasteiger partial charge in [0.15, 0.2) is 0 Å². The summed E-state index contributed by atoms with van der Waals surface area (Å²) in [5.41, 5.74) is 1.77. The highest BCUT2D eigenvalue weighted by atomic mass is 16.5. The van der Waals surface area contributed by atoms with Crippen LogP contribution in [0.2, 0.25) is 0 Å². The van der Waals surface area contributed by atoms with Crippen molar-refractivity contribution in [2.45, 2.75) is 83.4 Å². The number of carbonyl (C=O) groups is 3. The molecule has 1 aromatic carbocycles. The number of rotatable bonds is 8. The van der Waals surface area contributed by atoms with E-state index in [-0.39, 0.29) is 36.4 Å². The zero-order valence-electron chi connectivity index (χ0n) is 18.6. The number of ether oxygens (including phenoxy) is 1. The van der Waals surface area contributed by atoms with Crippen LogP contribution in [0.4, 0.5) is 0 Å². The Hall–Kier alpha value is -2.41. The average molecular weight is 433 g/mol. The van der Waals surface area contributed by atoms with Gasteiger partial charge in [-0.2, -0.15) is 0 Å². The van der Waals surface area contributed by atoms with Crippen LogP contribution in [-0.2, 0) is 20.7 Å². The first-order valence-electron chi connectivity index (χ1n) is 11.4. The summed E-state index contributed by atoms with van der Waals surface area (Å²) in [7, 11) is 0. The molecule has 2 saturated carbocycles. The van der Waals surface area contributed by atoms with E-state index < -0.39 is 0 Å². The van der Waals surface area contributed by atoms with Crippen molar-refractivity contribution in [2.24, 2.45) is 5.92 Å². The van der Waals surface area contributed by atoms with Crippen molar-refractivity contribution in [3.05, 3.63) is 35.4 Å². The molecule has 1 aromatic rings. The molecule has 7 heteroatoms. The van der Waals surface area contributed by atoms with E-state index in [0.717, 1.165) is 49.7 Å². The number of amides is 2. The lowest BCUT2D eigenvalue weighted by molar-refractivity contribution is -0.129. The molecule has 172 valence electrons. The van der Waals surface area contributed by atoms with Gasteiger partial charge in [0.2, 0.25) is 5.91 Å². The molecule has 0 heterocycles. The molecule has 0 saturated heterocycles. The normalized spacial score (nSPS) is 23.0. The van der Waals surface area contributed by atoms with Crippen LogP contribution in [0.3, 0.4) is 0 Å². The van der Waals surface area contributed by atoms with Crippen LogP contribution in [0.25, 0.3) is 0 Å². The first-order valence-corrected chi connectivity index (χ1v) is 11.4. The van der Waals surface area contributed by atoms with Crippen LogP contribution in [0, 0.1) is 5.92 Å². The van der Waals surface area contributed by atoms with Gasteiger partial charge in [0.1, 0.15) is 0 Å². The van der Waals surface area contributed by atoms with Crippen molar-refractivity contribution in [2.75, 3.05) is 6.61 Å². The van der Waals surface area contributed by atoms with Gasteiger partial charge < -0.3 is 20.5 Å². The Morgan fingerprint density at radius 1 is 1.13 bits per heavy atom. The summed E-state index contributed by atoms with van der Waals surface area (Å²) in [6.07, 6.45) is 7.41. The van der Waals surface area contributed by atoms with E-state index in [9.17, 15) is 9.59 Å². The summed E-state index contributed by atoms with van der Waals surface area (Å²) in [4.78, 5) is 34.0. The number of hydrogen-bond donors (Lipinski definition) is 3. The lowest BCUT2D eigenvalue weighted by Crippen LogP contribution is -2.52. The quantitative estimate of drug-likeness (QED) is 0.547. The van der Waals surface area contributed by atoms with Gasteiger partial charge in [-0.25, -0.2) is 0 Å². The van der Waals surface area contributed by atoms with E-state index in [1.54, 1.807) is 0 Å². The molecule has 0 unspecified atom stereocenters. The second-order valence-corrected chi connectivity index (χ2v) is 8.25. The minimum Gasteiger partial charge on any atom is -0.483 e.